The Kier molecular flexibility index (Phi) is 7.30. The molecule has 3 heterocycles. The van der Waals surface area contributed by atoms with Crippen LogP contribution >= 0.6 is 11.6 Å². The van der Waals surface area contributed by atoms with Gasteiger partial charge in [0.15, 0.2) is 0 Å². The molecule has 2 fully saturated rings. The van der Waals surface area contributed by atoms with Crippen LogP contribution in [-0.2, 0) is 6.42 Å². The number of methoxy groups -OCH3 is 1. The van der Waals surface area contributed by atoms with Crippen LogP contribution in [0.25, 0.3) is 0 Å². The van der Waals surface area contributed by atoms with E-state index in [0.717, 1.165) is 48.7 Å². The van der Waals surface area contributed by atoms with Crippen molar-refractivity contribution in [1.82, 2.24) is 9.80 Å². The van der Waals surface area contributed by atoms with Crippen LogP contribution in [0.5, 0.6) is 17.2 Å². The summed E-state index contributed by atoms with van der Waals surface area (Å²) in [6, 6.07) is 10.8. The van der Waals surface area contributed by atoms with Gasteiger partial charge in [-0.1, -0.05) is 11.6 Å². The van der Waals surface area contributed by atoms with Crippen LogP contribution in [0.15, 0.2) is 36.4 Å². The molecular formula is C27H33ClN2O6. The van der Waals surface area contributed by atoms with Gasteiger partial charge in [0.25, 0.3) is 5.91 Å². The fourth-order valence-corrected chi connectivity index (χ4v) is 5.58. The molecule has 8 nitrogen and oxygen atoms in total. The highest BCUT2D eigenvalue weighted by molar-refractivity contribution is 6.30. The minimum Gasteiger partial charge on any atom is -0.497 e. The molecule has 2 aromatic rings. The van der Waals surface area contributed by atoms with Crippen LogP contribution < -0.4 is 14.2 Å². The number of carbonyl (C=O) groups excluding carboxylic acids is 1. The topological polar surface area (TPSA) is 91.7 Å². The van der Waals surface area contributed by atoms with Gasteiger partial charge in [0, 0.05) is 63.1 Å². The third kappa shape index (κ3) is 5.42. The summed E-state index contributed by atoms with van der Waals surface area (Å²) in [6.45, 7) is 2.98. The van der Waals surface area contributed by atoms with Crippen LogP contribution in [0.3, 0.4) is 0 Å². The number of hydrogen-bond donors (Lipinski definition) is 2. The van der Waals surface area contributed by atoms with Crippen LogP contribution in [0.1, 0.15) is 35.2 Å². The molecule has 3 aliphatic heterocycles. The molecule has 0 radical (unpaired) electrons. The van der Waals surface area contributed by atoms with Gasteiger partial charge in [0.05, 0.1) is 18.8 Å². The lowest BCUT2D eigenvalue weighted by Crippen LogP contribution is -2.49. The van der Waals surface area contributed by atoms with Crippen molar-refractivity contribution >= 4 is 17.5 Å². The van der Waals surface area contributed by atoms with Gasteiger partial charge in [-0.2, -0.15) is 0 Å². The lowest BCUT2D eigenvalue weighted by atomic mass is 9.87. The molecule has 36 heavy (non-hydrogen) atoms. The third-order valence-corrected chi connectivity index (χ3v) is 7.63. The van der Waals surface area contributed by atoms with Crippen molar-refractivity contribution in [2.24, 2.45) is 0 Å². The average molecular weight is 517 g/mol. The summed E-state index contributed by atoms with van der Waals surface area (Å²) in [4.78, 5) is 16.8. The van der Waals surface area contributed by atoms with E-state index in [0.29, 0.717) is 43.1 Å². The highest BCUT2D eigenvalue weighted by Gasteiger charge is 2.42. The molecule has 2 atom stereocenters. The average Bonchev–Trinajstić information content (AvgIpc) is 3.46. The van der Waals surface area contributed by atoms with Crippen molar-refractivity contribution in [2.75, 3.05) is 46.4 Å². The lowest BCUT2D eigenvalue weighted by Gasteiger charge is -2.39. The second-order valence-corrected chi connectivity index (χ2v) is 10.5. The molecule has 0 unspecified atom stereocenters. The van der Waals surface area contributed by atoms with E-state index in [2.05, 4.69) is 4.90 Å². The summed E-state index contributed by atoms with van der Waals surface area (Å²) in [5, 5.41) is 21.3. The smallest absolute Gasteiger partial charge is 0.257 e. The predicted molar refractivity (Wildman–Crippen MR) is 135 cm³/mol. The molecular weight excluding hydrogens is 484 g/mol. The Bertz CT molecular complexity index is 1100. The maximum Gasteiger partial charge on any atom is 0.257 e. The van der Waals surface area contributed by atoms with E-state index in [4.69, 9.17) is 25.8 Å². The molecule has 1 spiro atoms. The number of ether oxygens (including phenoxy) is 3. The van der Waals surface area contributed by atoms with Crippen molar-refractivity contribution in [3.05, 3.63) is 52.5 Å². The summed E-state index contributed by atoms with van der Waals surface area (Å²) >= 11 is 6.15. The highest BCUT2D eigenvalue weighted by Crippen LogP contribution is 2.42. The number of aliphatic hydroxyl groups excluding tert-OH is 2. The maximum absolute atomic E-state index is 13.0. The molecule has 9 heteroatoms. The molecule has 1 amide bonds. The first-order chi connectivity index (χ1) is 17.3. The van der Waals surface area contributed by atoms with Gasteiger partial charge in [0.1, 0.15) is 35.6 Å². The first-order valence-corrected chi connectivity index (χ1v) is 12.9. The van der Waals surface area contributed by atoms with Gasteiger partial charge in [-0.25, -0.2) is 0 Å². The number of β-amino-alcohol motifs (C(OH)–C–C–N with tert-alkyl or cyclic N) is 2. The monoisotopic (exact) mass is 516 g/mol. The van der Waals surface area contributed by atoms with Gasteiger partial charge in [-0.05, 0) is 42.3 Å². The number of rotatable bonds is 7. The van der Waals surface area contributed by atoms with Crippen LogP contribution in [0, 0.1) is 0 Å². The molecule has 2 saturated heterocycles. The van der Waals surface area contributed by atoms with Crippen molar-refractivity contribution < 1.29 is 29.2 Å². The zero-order valence-corrected chi connectivity index (χ0v) is 21.2. The van der Waals surface area contributed by atoms with Gasteiger partial charge < -0.3 is 34.2 Å². The second kappa shape index (κ2) is 10.5. The number of nitrogens with zero attached hydrogens (tertiary/aromatic N) is 2. The normalized spacial score (nSPS) is 21.8. The molecule has 0 bridgehead atoms. The second-order valence-electron chi connectivity index (χ2n) is 10.0. The SMILES string of the molecule is COc1ccc(C(=O)N2CC[C@H](O)C2)c(OC[C@H](O)CN2CCC3(CC2)Cc2cc(Cl)ccc2O3)c1. The molecule has 194 valence electrons. The lowest BCUT2D eigenvalue weighted by molar-refractivity contribution is -0.00202. The van der Waals surface area contributed by atoms with E-state index in [-0.39, 0.29) is 18.1 Å². The minimum absolute atomic E-state index is 0.0537. The number of fused-ring (bicyclic) bond motifs is 1. The number of halogens is 1. The van der Waals surface area contributed by atoms with Crippen molar-refractivity contribution in [3.63, 3.8) is 0 Å². The Hall–Kier alpha value is -2.52. The van der Waals surface area contributed by atoms with Gasteiger partial charge >= 0.3 is 0 Å². The number of likely N-dealkylation sites (tertiary alicyclic amines) is 2. The number of amides is 1. The molecule has 2 aromatic carbocycles. The van der Waals surface area contributed by atoms with E-state index < -0.39 is 12.2 Å². The van der Waals surface area contributed by atoms with E-state index >= 15 is 0 Å². The van der Waals surface area contributed by atoms with Crippen LogP contribution in [0.4, 0.5) is 0 Å². The molecule has 0 aliphatic carbocycles. The Morgan fingerprint density at radius 1 is 1.22 bits per heavy atom. The largest absolute Gasteiger partial charge is 0.497 e. The van der Waals surface area contributed by atoms with Crippen molar-refractivity contribution in [3.8, 4) is 17.2 Å². The fourth-order valence-electron chi connectivity index (χ4n) is 5.38. The summed E-state index contributed by atoms with van der Waals surface area (Å²) in [6.07, 6.45) is 1.97. The van der Waals surface area contributed by atoms with Crippen molar-refractivity contribution in [1.29, 1.82) is 0 Å². The Labute approximate surface area is 216 Å². The van der Waals surface area contributed by atoms with Crippen LogP contribution in [-0.4, -0.2) is 90.2 Å². The number of carbonyl (C=O) groups is 1. The fraction of sp³-hybridized carbons (Fsp3) is 0.519. The Balaban J connectivity index is 1.15. The zero-order chi connectivity index (χ0) is 25.3. The van der Waals surface area contributed by atoms with E-state index in [9.17, 15) is 15.0 Å². The van der Waals surface area contributed by atoms with Crippen molar-refractivity contribution in [2.45, 2.75) is 43.5 Å². The Morgan fingerprint density at radius 3 is 2.75 bits per heavy atom. The van der Waals surface area contributed by atoms with Gasteiger partial charge in [-0.15, -0.1) is 0 Å². The molecule has 0 saturated carbocycles. The molecule has 3 aliphatic rings. The van der Waals surface area contributed by atoms with Crippen LogP contribution in [0.2, 0.25) is 5.02 Å². The standard InChI is InChI=1S/C27H33ClN2O6/c1-34-22-3-4-23(26(33)30-9-6-20(31)16-30)25(13-22)35-17-21(32)15-29-10-7-27(8-11-29)14-18-12-19(28)2-5-24(18)36-27/h2-5,12-13,20-21,31-32H,6-11,14-17H2,1H3/t20-,21+/m0/s1. The number of benzene rings is 2. The first-order valence-electron chi connectivity index (χ1n) is 12.5. The third-order valence-electron chi connectivity index (χ3n) is 7.40. The molecule has 2 N–H and O–H groups in total. The first kappa shape index (κ1) is 25.1. The van der Waals surface area contributed by atoms with E-state index in [1.54, 1.807) is 30.2 Å². The summed E-state index contributed by atoms with van der Waals surface area (Å²) < 4.78 is 17.6. The zero-order valence-electron chi connectivity index (χ0n) is 20.5. The quantitative estimate of drug-likeness (QED) is 0.584. The molecule has 0 aromatic heterocycles. The Morgan fingerprint density at radius 2 is 2.03 bits per heavy atom. The van der Waals surface area contributed by atoms with Gasteiger partial charge in [0.2, 0.25) is 0 Å². The summed E-state index contributed by atoms with van der Waals surface area (Å²) in [5.74, 6) is 1.66. The minimum atomic E-state index is -0.720. The predicted octanol–water partition coefficient (Wildman–Crippen LogP) is 2.76. The highest BCUT2D eigenvalue weighted by atomic mass is 35.5. The van der Waals surface area contributed by atoms with E-state index in [1.165, 1.54) is 0 Å². The van der Waals surface area contributed by atoms with E-state index in [1.807, 2.05) is 18.2 Å². The van der Waals surface area contributed by atoms with Gasteiger partial charge in [-0.3, -0.25) is 4.79 Å². The summed E-state index contributed by atoms with van der Waals surface area (Å²) in [5.41, 5.74) is 1.37. The summed E-state index contributed by atoms with van der Waals surface area (Å²) in [7, 11) is 1.55. The molecule has 5 rings (SSSR count). The maximum atomic E-state index is 13.0. The number of hydrogen-bond acceptors (Lipinski definition) is 7. The number of piperidine rings is 1. The number of aliphatic hydroxyl groups is 2.